The van der Waals surface area contributed by atoms with Gasteiger partial charge in [0.05, 0.1) is 20.8 Å². The van der Waals surface area contributed by atoms with Crippen LogP contribution in [0.3, 0.4) is 0 Å². The summed E-state index contributed by atoms with van der Waals surface area (Å²) >= 11 is 0. The molecule has 0 amide bonds. The Balaban J connectivity index is 2.72. The topological polar surface area (TPSA) is 57.7 Å². The largest absolute Gasteiger partial charge is 0.496 e. The molecule has 0 fully saturated rings. The van der Waals surface area contributed by atoms with Crippen molar-refractivity contribution in [2.45, 2.75) is 13.8 Å². The lowest BCUT2D eigenvalue weighted by Gasteiger charge is -2.12. The summed E-state index contributed by atoms with van der Waals surface area (Å²) in [5.41, 5.74) is 0.963. The number of methoxy groups -OCH3 is 2. The summed E-state index contributed by atoms with van der Waals surface area (Å²) in [6.45, 7) is 3.90. The highest BCUT2D eigenvalue weighted by Crippen LogP contribution is 2.35. The Morgan fingerprint density at radius 2 is 1.85 bits per heavy atom. The second-order valence-corrected chi connectivity index (χ2v) is 4.21. The number of benzene rings is 1. The molecule has 1 aromatic heterocycles. The van der Waals surface area contributed by atoms with Crippen molar-refractivity contribution in [3.63, 3.8) is 0 Å². The van der Waals surface area contributed by atoms with E-state index in [2.05, 4.69) is 4.98 Å². The zero-order valence-electron chi connectivity index (χ0n) is 12.0. The van der Waals surface area contributed by atoms with Crippen LogP contribution in [0, 0.1) is 6.92 Å². The fourth-order valence-corrected chi connectivity index (χ4v) is 2.16. The molecule has 0 saturated heterocycles. The summed E-state index contributed by atoms with van der Waals surface area (Å²) in [5.74, 6) is 0.917. The van der Waals surface area contributed by atoms with Gasteiger partial charge in [0, 0.05) is 16.5 Å². The van der Waals surface area contributed by atoms with Crippen molar-refractivity contribution in [3.8, 4) is 11.5 Å². The number of fused-ring (bicyclic) bond motifs is 1. The van der Waals surface area contributed by atoms with Crippen LogP contribution in [0.15, 0.2) is 18.2 Å². The quantitative estimate of drug-likeness (QED) is 0.803. The van der Waals surface area contributed by atoms with Gasteiger partial charge in [-0.2, -0.15) is 0 Å². The van der Waals surface area contributed by atoms with Crippen LogP contribution in [0.5, 0.6) is 11.5 Å². The summed E-state index contributed by atoms with van der Waals surface area (Å²) in [5, 5.41) is 1.61. The molecule has 20 heavy (non-hydrogen) atoms. The van der Waals surface area contributed by atoms with Crippen LogP contribution in [0.2, 0.25) is 0 Å². The number of rotatable bonds is 4. The second-order valence-electron chi connectivity index (χ2n) is 4.21. The van der Waals surface area contributed by atoms with Crippen molar-refractivity contribution in [2.24, 2.45) is 0 Å². The molecule has 1 aromatic carbocycles. The monoisotopic (exact) mass is 275 g/mol. The summed E-state index contributed by atoms with van der Waals surface area (Å²) in [4.78, 5) is 16.1. The van der Waals surface area contributed by atoms with E-state index < -0.39 is 5.97 Å². The number of carbonyl (C=O) groups excluding carboxylic acids is 1. The van der Waals surface area contributed by atoms with Gasteiger partial charge in [-0.15, -0.1) is 0 Å². The van der Waals surface area contributed by atoms with E-state index in [0.29, 0.717) is 23.8 Å². The number of nitrogens with zero attached hydrogens (tertiary/aromatic N) is 1. The maximum atomic E-state index is 11.8. The molecule has 0 atom stereocenters. The van der Waals surface area contributed by atoms with Crippen molar-refractivity contribution in [1.29, 1.82) is 0 Å². The Hall–Kier alpha value is -2.30. The predicted octanol–water partition coefficient (Wildman–Crippen LogP) is 2.74. The van der Waals surface area contributed by atoms with Crippen molar-refractivity contribution in [1.82, 2.24) is 4.98 Å². The third-order valence-corrected chi connectivity index (χ3v) is 3.02. The minimum Gasteiger partial charge on any atom is -0.496 e. The van der Waals surface area contributed by atoms with Gasteiger partial charge in [0.15, 0.2) is 0 Å². The summed E-state index contributed by atoms with van der Waals surface area (Å²) in [7, 11) is 3.18. The van der Waals surface area contributed by atoms with Crippen LogP contribution in [0.25, 0.3) is 10.8 Å². The molecule has 0 unspecified atom stereocenters. The fraction of sp³-hybridized carbons (Fsp3) is 0.333. The van der Waals surface area contributed by atoms with Gasteiger partial charge in [-0.05, 0) is 32.0 Å². The van der Waals surface area contributed by atoms with Gasteiger partial charge in [0.1, 0.15) is 17.2 Å². The van der Waals surface area contributed by atoms with Gasteiger partial charge in [0.2, 0.25) is 0 Å². The molecule has 2 rings (SSSR count). The Kier molecular flexibility index (Phi) is 4.08. The van der Waals surface area contributed by atoms with Gasteiger partial charge < -0.3 is 14.2 Å². The fourth-order valence-electron chi connectivity index (χ4n) is 2.16. The van der Waals surface area contributed by atoms with Gasteiger partial charge in [0.25, 0.3) is 0 Å². The molecule has 1 heterocycles. The summed E-state index contributed by atoms with van der Waals surface area (Å²) in [6, 6.07) is 5.29. The normalized spacial score (nSPS) is 10.4. The van der Waals surface area contributed by atoms with Crippen molar-refractivity contribution < 1.29 is 19.0 Å². The van der Waals surface area contributed by atoms with Crippen molar-refractivity contribution in [3.05, 3.63) is 29.6 Å². The highest BCUT2D eigenvalue weighted by atomic mass is 16.5. The van der Waals surface area contributed by atoms with Crippen LogP contribution in [-0.4, -0.2) is 31.8 Å². The number of carbonyl (C=O) groups is 1. The third-order valence-electron chi connectivity index (χ3n) is 3.02. The first-order chi connectivity index (χ1) is 9.62. The zero-order chi connectivity index (χ0) is 14.7. The average Bonchev–Trinajstić information content (AvgIpc) is 2.46. The number of ether oxygens (including phenoxy) is 3. The van der Waals surface area contributed by atoms with Crippen molar-refractivity contribution >= 4 is 16.7 Å². The molecule has 0 saturated carbocycles. The van der Waals surface area contributed by atoms with E-state index in [-0.39, 0.29) is 5.69 Å². The van der Waals surface area contributed by atoms with E-state index in [9.17, 15) is 4.79 Å². The van der Waals surface area contributed by atoms with Crippen LogP contribution in [-0.2, 0) is 4.74 Å². The van der Waals surface area contributed by atoms with Crippen molar-refractivity contribution in [2.75, 3.05) is 20.8 Å². The van der Waals surface area contributed by atoms with Crippen LogP contribution < -0.4 is 9.47 Å². The number of aryl methyl sites for hydroxylation is 1. The highest BCUT2D eigenvalue weighted by molar-refractivity contribution is 5.99. The maximum absolute atomic E-state index is 11.8. The smallest absolute Gasteiger partial charge is 0.356 e. The minimum atomic E-state index is -0.442. The Morgan fingerprint density at radius 1 is 1.20 bits per heavy atom. The molecular formula is C15H17NO4. The van der Waals surface area contributed by atoms with Gasteiger partial charge in [-0.3, -0.25) is 0 Å². The highest BCUT2D eigenvalue weighted by Gasteiger charge is 2.16. The molecular weight excluding hydrogens is 258 g/mol. The lowest BCUT2D eigenvalue weighted by atomic mass is 10.1. The first-order valence-corrected chi connectivity index (χ1v) is 6.31. The first kappa shape index (κ1) is 14.1. The molecule has 0 bridgehead atoms. The molecule has 0 aliphatic carbocycles. The molecule has 5 nitrogen and oxygen atoms in total. The van der Waals surface area contributed by atoms with Crippen LogP contribution in [0.4, 0.5) is 0 Å². The van der Waals surface area contributed by atoms with E-state index in [1.807, 2.05) is 13.0 Å². The number of hydrogen-bond acceptors (Lipinski definition) is 5. The maximum Gasteiger partial charge on any atom is 0.356 e. The Labute approximate surface area is 117 Å². The molecule has 0 aliphatic rings. The van der Waals surface area contributed by atoms with Crippen LogP contribution in [0.1, 0.15) is 23.1 Å². The molecule has 5 heteroatoms. The second kappa shape index (κ2) is 5.77. The molecule has 0 N–H and O–H groups in total. The van der Waals surface area contributed by atoms with E-state index in [1.54, 1.807) is 33.3 Å². The minimum absolute atomic E-state index is 0.267. The Bertz CT molecular complexity index is 652. The molecule has 0 spiro atoms. The first-order valence-electron chi connectivity index (χ1n) is 6.31. The van der Waals surface area contributed by atoms with E-state index in [1.165, 1.54) is 0 Å². The molecule has 2 aromatic rings. The predicted molar refractivity (Wildman–Crippen MR) is 75.5 cm³/mol. The van der Waals surface area contributed by atoms with Gasteiger partial charge >= 0.3 is 5.97 Å². The molecule has 0 aliphatic heterocycles. The number of pyridine rings is 1. The average molecular weight is 275 g/mol. The summed E-state index contributed by atoms with van der Waals surface area (Å²) < 4.78 is 15.7. The van der Waals surface area contributed by atoms with E-state index in [0.717, 1.165) is 10.8 Å². The lowest BCUT2D eigenvalue weighted by molar-refractivity contribution is 0.0519. The molecule has 0 radical (unpaired) electrons. The van der Waals surface area contributed by atoms with Gasteiger partial charge in [-0.25, -0.2) is 9.78 Å². The number of hydrogen-bond donors (Lipinski definition) is 0. The lowest BCUT2D eigenvalue weighted by Crippen LogP contribution is -2.08. The third kappa shape index (κ3) is 2.39. The van der Waals surface area contributed by atoms with E-state index >= 15 is 0 Å². The van der Waals surface area contributed by atoms with E-state index in [4.69, 9.17) is 14.2 Å². The molecule has 106 valence electrons. The number of esters is 1. The standard InChI is InChI=1S/C15H17NO4/c1-5-20-15(17)11-8-10-12(18-3)6-7-13(19-4)14(10)9(2)16-11/h6-8H,5H2,1-4H3. The number of aromatic nitrogens is 1. The SMILES string of the molecule is CCOC(=O)c1cc2c(OC)ccc(OC)c2c(C)n1. The zero-order valence-corrected chi connectivity index (χ0v) is 12.0. The Morgan fingerprint density at radius 3 is 2.45 bits per heavy atom. The van der Waals surface area contributed by atoms with Crippen LogP contribution >= 0.6 is 0 Å². The van der Waals surface area contributed by atoms with Gasteiger partial charge in [-0.1, -0.05) is 0 Å². The summed E-state index contributed by atoms with van der Waals surface area (Å²) in [6.07, 6.45) is 0.